The van der Waals surface area contributed by atoms with Crippen LogP contribution >= 0.6 is 34.5 Å². The van der Waals surface area contributed by atoms with Crippen LogP contribution in [0.2, 0.25) is 10.0 Å². The second kappa shape index (κ2) is 13.3. The molecular formula is C27H33Cl2N9O4S. The SMILES string of the molecule is CCOC(=O)c1sc(N2CC[C@@H](NC(=O)c3[nH]c(C)c(Cl)c3Cl)[C@@H](C)C2)nc1-c1cnc(NCCN2CCNC2=O)cn1. The van der Waals surface area contributed by atoms with Gasteiger partial charge in [-0.15, -0.1) is 0 Å². The van der Waals surface area contributed by atoms with Crippen molar-refractivity contribution in [2.75, 3.05) is 56.1 Å². The van der Waals surface area contributed by atoms with Gasteiger partial charge in [0, 0.05) is 51.0 Å². The number of anilines is 2. The number of rotatable bonds is 10. The second-order valence-corrected chi connectivity index (χ2v) is 12.1. The molecule has 3 aromatic rings. The van der Waals surface area contributed by atoms with E-state index < -0.39 is 5.97 Å². The Balaban J connectivity index is 1.26. The van der Waals surface area contributed by atoms with E-state index in [1.54, 1.807) is 31.1 Å². The summed E-state index contributed by atoms with van der Waals surface area (Å²) in [4.78, 5) is 58.4. The number of nitrogens with one attached hydrogen (secondary N) is 4. The van der Waals surface area contributed by atoms with Crippen LogP contribution in [-0.4, -0.2) is 94.7 Å². The third-order valence-corrected chi connectivity index (χ3v) is 9.42. The Morgan fingerprint density at radius 3 is 2.65 bits per heavy atom. The molecule has 2 atom stereocenters. The number of urea groups is 1. The minimum absolute atomic E-state index is 0.0700. The standard InChI is InChI=1S/C27H33Cl2N9O4S/c1-4-42-25(40)23-21(17-11-33-18(12-32-17)30-6-9-37-10-7-31-26(37)41)36-27(43-23)38-8-5-16(14(2)13-38)35-24(39)22-20(29)19(28)15(3)34-22/h11-12,14,16,34H,4-10,13H2,1-3H3,(H,30,33)(H,31,41)(H,35,39)/t14-,16+/m0/s1. The first-order valence-corrected chi connectivity index (χ1v) is 15.6. The zero-order valence-electron chi connectivity index (χ0n) is 24.0. The van der Waals surface area contributed by atoms with Crippen LogP contribution in [0.15, 0.2) is 12.4 Å². The highest BCUT2D eigenvalue weighted by Gasteiger charge is 2.32. The molecule has 3 aromatic heterocycles. The van der Waals surface area contributed by atoms with Crippen molar-refractivity contribution in [2.45, 2.75) is 33.2 Å². The summed E-state index contributed by atoms with van der Waals surface area (Å²) in [6.07, 6.45) is 3.81. The van der Waals surface area contributed by atoms with Gasteiger partial charge in [0.1, 0.15) is 27.8 Å². The Kier molecular flexibility index (Phi) is 9.57. The molecule has 4 N–H and O–H groups in total. The van der Waals surface area contributed by atoms with Gasteiger partial charge in [-0.3, -0.25) is 4.79 Å². The number of piperidine rings is 1. The topological polar surface area (TPSA) is 157 Å². The van der Waals surface area contributed by atoms with E-state index in [2.05, 4.69) is 42.7 Å². The van der Waals surface area contributed by atoms with Crippen molar-refractivity contribution < 1.29 is 19.1 Å². The number of hydrogen-bond donors (Lipinski definition) is 4. The number of ether oxygens (including phenoxy) is 1. The van der Waals surface area contributed by atoms with Crippen LogP contribution < -0.4 is 20.9 Å². The van der Waals surface area contributed by atoms with Crippen molar-refractivity contribution in [3.63, 3.8) is 0 Å². The molecule has 43 heavy (non-hydrogen) atoms. The number of aromatic amines is 1. The van der Waals surface area contributed by atoms with Crippen molar-refractivity contribution in [1.29, 1.82) is 0 Å². The fourth-order valence-electron chi connectivity index (χ4n) is 5.04. The van der Waals surface area contributed by atoms with Gasteiger partial charge in [-0.2, -0.15) is 0 Å². The summed E-state index contributed by atoms with van der Waals surface area (Å²) in [5.74, 6) is -0.142. The molecular weight excluding hydrogens is 617 g/mol. The maximum absolute atomic E-state index is 12.9. The van der Waals surface area contributed by atoms with Gasteiger partial charge in [-0.1, -0.05) is 41.5 Å². The first-order valence-electron chi connectivity index (χ1n) is 14.0. The fraction of sp³-hybridized carbons (Fsp3) is 0.481. The van der Waals surface area contributed by atoms with Gasteiger partial charge >= 0.3 is 12.0 Å². The normalized spacial score (nSPS) is 18.5. The van der Waals surface area contributed by atoms with Gasteiger partial charge < -0.3 is 35.5 Å². The zero-order chi connectivity index (χ0) is 30.7. The highest BCUT2D eigenvalue weighted by Crippen LogP contribution is 2.35. The monoisotopic (exact) mass is 649 g/mol. The molecule has 13 nitrogen and oxygen atoms in total. The highest BCUT2D eigenvalue weighted by atomic mass is 35.5. The predicted molar refractivity (Wildman–Crippen MR) is 165 cm³/mol. The zero-order valence-corrected chi connectivity index (χ0v) is 26.3. The summed E-state index contributed by atoms with van der Waals surface area (Å²) in [6.45, 7) is 9.42. The quantitative estimate of drug-likeness (QED) is 0.240. The summed E-state index contributed by atoms with van der Waals surface area (Å²) >= 11 is 13.6. The maximum atomic E-state index is 12.9. The minimum Gasteiger partial charge on any atom is -0.462 e. The van der Waals surface area contributed by atoms with E-state index in [0.29, 0.717) is 83.6 Å². The molecule has 2 aliphatic rings. The number of hydrogen-bond acceptors (Lipinski definition) is 10. The number of thiazole rings is 1. The third kappa shape index (κ3) is 6.81. The Hall–Kier alpha value is -3.62. The molecule has 2 aliphatic heterocycles. The summed E-state index contributed by atoms with van der Waals surface area (Å²) in [6, 6.07) is -0.156. The lowest BCUT2D eigenvalue weighted by molar-refractivity contribution is 0.0532. The van der Waals surface area contributed by atoms with E-state index in [0.717, 1.165) is 0 Å². The van der Waals surface area contributed by atoms with Gasteiger partial charge in [0.15, 0.2) is 5.13 Å². The maximum Gasteiger partial charge on any atom is 0.350 e. The smallest absolute Gasteiger partial charge is 0.350 e. The molecule has 0 radical (unpaired) electrons. The van der Waals surface area contributed by atoms with Gasteiger partial charge in [0.25, 0.3) is 5.91 Å². The summed E-state index contributed by atoms with van der Waals surface area (Å²) in [7, 11) is 0. The number of nitrogens with zero attached hydrogens (tertiary/aromatic N) is 5. The van der Waals surface area contributed by atoms with E-state index in [-0.39, 0.29) is 41.2 Å². The first kappa shape index (κ1) is 30.8. The molecule has 0 bridgehead atoms. The lowest BCUT2D eigenvalue weighted by atomic mass is 9.94. The molecule has 0 aliphatic carbocycles. The average Bonchev–Trinajstić information content (AvgIpc) is 3.69. The molecule has 0 saturated carbocycles. The van der Waals surface area contributed by atoms with Crippen LogP contribution in [0.5, 0.6) is 0 Å². The van der Waals surface area contributed by atoms with Gasteiger partial charge in [-0.25, -0.2) is 24.5 Å². The van der Waals surface area contributed by atoms with Crippen LogP contribution in [-0.2, 0) is 4.74 Å². The Bertz CT molecular complexity index is 1500. The number of aromatic nitrogens is 4. The lowest BCUT2D eigenvalue weighted by Crippen LogP contribution is -2.50. The molecule has 0 spiro atoms. The largest absolute Gasteiger partial charge is 0.462 e. The molecule has 0 aromatic carbocycles. The lowest BCUT2D eigenvalue weighted by Gasteiger charge is -2.37. The number of carbonyl (C=O) groups is 3. The number of halogens is 2. The van der Waals surface area contributed by atoms with Crippen LogP contribution in [0, 0.1) is 12.8 Å². The van der Waals surface area contributed by atoms with E-state index in [9.17, 15) is 14.4 Å². The first-order chi connectivity index (χ1) is 20.7. The number of esters is 1. The molecule has 230 valence electrons. The van der Waals surface area contributed by atoms with E-state index >= 15 is 0 Å². The Morgan fingerprint density at radius 2 is 2.02 bits per heavy atom. The van der Waals surface area contributed by atoms with Crippen LogP contribution in [0.25, 0.3) is 11.4 Å². The van der Waals surface area contributed by atoms with Crippen molar-refractivity contribution in [2.24, 2.45) is 5.92 Å². The molecule has 0 unspecified atom stereocenters. The molecule has 2 saturated heterocycles. The van der Waals surface area contributed by atoms with Crippen LogP contribution in [0.3, 0.4) is 0 Å². The Morgan fingerprint density at radius 1 is 1.21 bits per heavy atom. The molecule has 2 fully saturated rings. The molecule has 3 amide bonds. The molecule has 5 heterocycles. The summed E-state index contributed by atoms with van der Waals surface area (Å²) in [5, 5.41) is 10.2. The van der Waals surface area contributed by atoms with Crippen molar-refractivity contribution in [3.05, 3.63) is 38.7 Å². The van der Waals surface area contributed by atoms with E-state index in [4.69, 9.17) is 32.9 Å². The number of carbonyl (C=O) groups excluding carboxylic acids is 3. The van der Waals surface area contributed by atoms with Crippen molar-refractivity contribution >= 4 is 63.4 Å². The second-order valence-electron chi connectivity index (χ2n) is 10.4. The van der Waals surface area contributed by atoms with Gasteiger partial charge in [-0.05, 0) is 26.2 Å². The van der Waals surface area contributed by atoms with Gasteiger partial charge in [0.05, 0.1) is 29.0 Å². The minimum atomic E-state index is -0.471. The number of amides is 3. The molecule has 5 rings (SSSR count). The fourth-order valence-corrected chi connectivity index (χ4v) is 6.46. The predicted octanol–water partition coefficient (Wildman–Crippen LogP) is 3.80. The van der Waals surface area contributed by atoms with Crippen LogP contribution in [0.1, 0.15) is 46.1 Å². The van der Waals surface area contributed by atoms with Crippen molar-refractivity contribution in [1.82, 2.24) is 35.5 Å². The number of H-pyrrole nitrogens is 1. The summed E-state index contributed by atoms with van der Waals surface area (Å²) < 4.78 is 5.31. The van der Waals surface area contributed by atoms with Crippen molar-refractivity contribution in [3.8, 4) is 11.4 Å². The van der Waals surface area contributed by atoms with E-state index in [1.165, 1.54) is 11.3 Å². The number of aryl methyl sites for hydroxylation is 1. The van der Waals surface area contributed by atoms with Crippen LogP contribution in [0.4, 0.5) is 15.7 Å². The third-order valence-electron chi connectivity index (χ3n) is 7.38. The van der Waals surface area contributed by atoms with Gasteiger partial charge in [0.2, 0.25) is 0 Å². The van der Waals surface area contributed by atoms with E-state index in [1.807, 2.05) is 0 Å². The summed E-state index contributed by atoms with van der Waals surface area (Å²) in [5.41, 5.74) is 1.74. The highest BCUT2D eigenvalue weighted by molar-refractivity contribution is 7.17. The average molecular weight is 651 g/mol. The Labute approximate surface area is 262 Å². The molecule has 16 heteroatoms.